The molecule has 162 valence electrons. The van der Waals surface area contributed by atoms with Gasteiger partial charge in [0.15, 0.2) is 0 Å². The van der Waals surface area contributed by atoms with Crippen LogP contribution >= 0.6 is 23.2 Å². The average Bonchev–Trinajstić information content (AvgIpc) is 3.01. The lowest BCUT2D eigenvalue weighted by molar-refractivity contribution is 0.471. The molecule has 0 saturated carbocycles. The summed E-state index contributed by atoms with van der Waals surface area (Å²) in [6, 6.07) is 17.3. The third-order valence-electron chi connectivity index (χ3n) is 6.69. The van der Waals surface area contributed by atoms with Gasteiger partial charge in [-0.1, -0.05) is 90.1 Å². The Morgan fingerprint density at radius 3 is 1.26 bits per heavy atom. The van der Waals surface area contributed by atoms with Crippen molar-refractivity contribution in [3.8, 4) is 0 Å². The van der Waals surface area contributed by atoms with E-state index in [9.17, 15) is 0 Å². The van der Waals surface area contributed by atoms with Crippen LogP contribution in [-0.4, -0.2) is 9.52 Å². The van der Waals surface area contributed by atoms with Crippen molar-refractivity contribution < 1.29 is 0 Å². The number of benzene rings is 2. The molecule has 0 aliphatic heterocycles. The zero-order valence-electron chi connectivity index (χ0n) is 19.9. The quantitative estimate of drug-likeness (QED) is 0.307. The highest BCUT2D eigenvalue weighted by atomic mass is 35.5. The van der Waals surface area contributed by atoms with Crippen molar-refractivity contribution in [2.24, 2.45) is 10.8 Å². The summed E-state index contributed by atoms with van der Waals surface area (Å²) in [5.41, 5.74) is 10.0. The van der Waals surface area contributed by atoms with E-state index in [1.54, 1.807) is 0 Å². The Balaban J connectivity index is 1.99. The second kappa shape index (κ2) is 7.11. The van der Waals surface area contributed by atoms with Crippen molar-refractivity contribution in [2.45, 2.75) is 64.4 Å². The highest BCUT2D eigenvalue weighted by molar-refractivity contribution is 6.70. The van der Waals surface area contributed by atoms with E-state index in [0.717, 1.165) is 0 Å². The van der Waals surface area contributed by atoms with Crippen molar-refractivity contribution in [1.82, 2.24) is 0 Å². The van der Waals surface area contributed by atoms with Gasteiger partial charge in [-0.2, -0.15) is 0 Å². The van der Waals surface area contributed by atoms with Crippen LogP contribution in [0.3, 0.4) is 0 Å². The summed E-state index contributed by atoms with van der Waals surface area (Å²) in [4.78, 5) is 0. The number of fused-ring (bicyclic) bond motifs is 2. The molecule has 3 heteroatoms. The molecule has 0 nitrogen and oxygen atoms in total. The van der Waals surface area contributed by atoms with Gasteiger partial charge in [-0.25, -0.2) is 0 Å². The van der Waals surface area contributed by atoms with Crippen molar-refractivity contribution >= 4 is 43.9 Å². The molecule has 4 rings (SSSR count). The van der Waals surface area contributed by atoms with Gasteiger partial charge in [0.2, 0.25) is 0 Å². The minimum absolute atomic E-state index is 0.0656. The van der Waals surface area contributed by atoms with Crippen molar-refractivity contribution in [1.29, 1.82) is 0 Å². The van der Waals surface area contributed by atoms with E-state index in [4.69, 9.17) is 23.2 Å². The Kier molecular flexibility index (Phi) is 5.25. The van der Waals surface area contributed by atoms with E-state index in [-0.39, 0.29) is 20.3 Å². The van der Waals surface area contributed by atoms with Gasteiger partial charge in [-0.05, 0) is 69.2 Å². The first-order valence-electron chi connectivity index (χ1n) is 11.0. The first kappa shape index (κ1) is 22.9. The number of halogens is 2. The van der Waals surface area contributed by atoms with Crippen LogP contribution in [0, 0.1) is 10.8 Å². The topological polar surface area (TPSA) is 0 Å². The lowest BCUT2D eigenvalue weighted by Gasteiger charge is -2.42. The highest BCUT2D eigenvalue weighted by Gasteiger charge is 2.56. The number of hydrogen-bond donors (Lipinski definition) is 0. The molecule has 0 fully saturated rings. The van der Waals surface area contributed by atoms with Crippen LogP contribution in [0.1, 0.15) is 77.6 Å². The predicted octanol–water partition coefficient (Wildman–Crippen LogP) is 8.54. The largest absolute Gasteiger partial charge is 0.118 e. The summed E-state index contributed by atoms with van der Waals surface area (Å²) in [6.07, 6.45) is 0. The Morgan fingerprint density at radius 1 is 0.613 bits per heavy atom. The Morgan fingerprint density at radius 2 is 0.935 bits per heavy atom. The van der Waals surface area contributed by atoms with Crippen LogP contribution in [-0.2, 0) is 8.99 Å². The van der Waals surface area contributed by atoms with Crippen LogP contribution < -0.4 is 0 Å². The molecular formula is C28H32Cl2Si. The smallest absolute Gasteiger partial charge is 0.114 e. The second-order valence-electron chi connectivity index (χ2n) is 11.0. The van der Waals surface area contributed by atoms with Crippen LogP contribution in [0.5, 0.6) is 0 Å². The highest BCUT2D eigenvalue weighted by Crippen LogP contribution is 2.61. The third kappa shape index (κ3) is 3.31. The standard InChI is InChI=1S/C28H32Cl2Si/c1-17-19-13-9-11-15-21(19)27(29,23(17)25(3,4)5)31-28(30)22-16-12-10-14-20(22)18(2)24(28)26(6,7)8/h9-16H,1-8H3. The van der Waals surface area contributed by atoms with Gasteiger partial charge >= 0.3 is 0 Å². The Hall–Kier alpha value is -1.28. The molecule has 2 aromatic rings. The molecule has 2 atom stereocenters. The van der Waals surface area contributed by atoms with Crippen LogP contribution in [0.2, 0.25) is 0 Å². The average molecular weight is 468 g/mol. The Labute approximate surface area is 200 Å². The molecule has 2 aliphatic rings. The molecule has 0 aromatic heterocycles. The summed E-state index contributed by atoms with van der Waals surface area (Å²) < 4.78 is -1.26. The first-order valence-corrected chi connectivity index (χ1v) is 12.8. The van der Waals surface area contributed by atoms with Crippen molar-refractivity contribution in [3.63, 3.8) is 0 Å². The monoisotopic (exact) mass is 466 g/mol. The van der Waals surface area contributed by atoms with Gasteiger partial charge in [-0.3, -0.25) is 0 Å². The lowest BCUT2D eigenvalue weighted by atomic mass is 9.82. The first-order chi connectivity index (χ1) is 14.2. The summed E-state index contributed by atoms with van der Waals surface area (Å²) in [5.74, 6) is 0. The molecule has 0 amide bonds. The van der Waals surface area contributed by atoms with Gasteiger partial charge in [-0.15, -0.1) is 23.2 Å². The van der Waals surface area contributed by atoms with E-state index in [0.29, 0.717) is 0 Å². The number of alkyl halides is 2. The molecule has 2 aromatic carbocycles. The fourth-order valence-electron chi connectivity index (χ4n) is 5.93. The molecular weight excluding hydrogens is 435 g/mol. The van der Waals surface area contributed by atoms with Crippen molar-refractivity contribution in [3.05, 3.63) is 81.9 Å². The lowest BCUT2D eigenvalue weighted by Crippen LogP contribution is -2.45. The zero-order chi connectivity index (χ0) is 23.0. The van der Waals surface area contributed by atoms with Crippen LogP contribution in [0.15, 0.2) is 59.7 Å². The number of rotatable bonds is 2. The molecule has 0 spiro atoms. The maximum atomic E-state index is 7.79. The zero-order valence-corrected chi connectivity index (χ0v) is 22.4. The molecule has 0 heterocycles. The van der Waals surface area contributed by atoms with Gasteiger partial charge in [0.05, 0.1) is 8.99 Å². The van der Waals surface area contributed by atoms with Crippen LogP contribution in [0.25, 0.3) is 11.1 Å². The summed E-state index contributed by atoms with van der Waals surface area (Å²) in [7, 11) is 0.274. The SMILES string of the molecule is CC1=C(C(C)(C)C)C(Cl)([Si]C2(Cl)C(C(C)(C)C)=C(C)c3ccccc32)c2ccccc21. The van der Waals surface area contributed by atoms with E-state index in [1.165, 1.54) is 44.5 Å². The Bertz CT molecular complexity index is 1040. The molecule has 0 saturated heterocycles. The van der Waals surface area contributed by atoms with Gasteiger partial charge < -0.3 is 0 Å². The number of allylic oxidation sites excluding steroid dienone is 4. The fourth-order valence-corrected chi connectivity index (χ4v) is 10.7. The molecule has 2 radical (unpaired) electrons. The summed E-state index contributed by atoms with van der Waals surface area (Å²) in [5, 5.41) is 0. The summed E-state index contributed by atoms with van der Waals surface area (Å²) >= 11 is 15.6. The van der Waals surface area contributed by atoms with Crippen molar-refractivity contribution in [2.75, 3.05) is 0 Å². The maximum Gasteiger partial charge on any atom is 0.118 e. The second-order valence-corrected chi connectivity index (χ2v) is 14.6. The number of hydrogen-bond acceptors (Lipinski definition) is 0. The van der Waals surface area contributed by atoms with E-state index in [1.807, 2.05) is 0 Å². The normalized spacial score (nSPS) is 25.9. The van der Waals surface area contributed by atoms with E-state index >= 15 is 0 Å². The van der Waals surface area contributed by atoms with Gasteiger partial charge in [0.25, 0.3) is 0 Å². The third-order valence-corrected chi connectivity index (χ3v) is 9.77. The molecule has 2 aliphatic carbocycles. The predicted molar refractivity (Wildman–Crippen MR) is 138 cm³/mol. The minimum atomic E-state index is -0.630. The van der Waals surface area contributed by atoms with Crippen LogP contribution in [0.4, 0.5) is 0 Å². The van der Waals surface area contributed by atoms with Gasteiger partial charge in [0.1, 0.15) is 9.52 Å². The molecule has 2 unspecified atom stereocenters. The van der Waals surface area contributed by atoms with E-state index in [2.05, 4.69) is 104 Å². The molecule has 0 bridgehead atoms. The minimum Gasteiger partial charge on any atom is -0.114 e. The van der Waals surface area contributed by atoms with E-state index < -0.39 is 8.99 Å². The molecule has 31 heavy (non-hydrogen) atoms. The summed E-state index contributed by atoms with van der Waals surface area (Å²) in [6.45, 7) is 18.1. The van der Waals surface area contributed by atoms with Gasteiger partial charge in [0, 0.05) is 0 Å². The maximum absolute atomic E-state index is 7.79. The molecule has 0 N–H and O–H groups in total. The fraction of sp³-hybridized carbons (Fsp3) is 0.429.